The fourth-order valence-electron chi connectivity index (χ4n) is 2.33. The number of carbonyl (C=O) groups excluding carboxylic acids is 1. The molecule has 2 N–H and O–H groups in total. The molecule has 0 spiro atoms. The number of anilines is 2. The Balaban J connectivity index is 1.73. The maximum Gasteiger partial charge on any atom is 0.274 e. The second kappa shape index (κ2) is 8.17. The van der Waals surface area contributed by atoms with Gasteiger partial charge in [0.05, 0.1) is 10.0 Å². The molecule has 0 fully saturated rings. The quantitative estimate of drug-likeness (QED) is 0.650. The van der Waals surface area contributed by atoms with Crippen LogP contribution in [0.5, 0.6) is 0 Å². The first-order valence-corrected chi connectivity index (χ1v) is 8.67. The van der Waals surface area contributed by atoms with Crippen LogP contribution in [0.2, 0.25) is 10.0 Å². The number of nitrogens with zero attached hydrogens (tertiary/aromatic N) is 2. The third-order valence-corrected chi connectivity index (χ3v) is 4.30. The molecule has 5 nitrogen and oxygen atoms in total. The molecule has 0 aliphatic heterocycles. The van der Waals surface area contributed by atoms with Gasteiger partial charge in [-0.05, 0) is 30.7 Å². The highest BCUT2D eigenvalue weighted by molar-refractivity contribution is 6.42. The lowest BCUT2D eigenvalue weighted by Crippen LogP contribution is -2.15. The van der Waals surface area contributed by atoms with E-state index in [4.69, 9.17) is 23.2 Å². The van der Waals surface area contributed by atoms with E-state index in [0.717, 1.165) is 5.56 Å². The van der Waals surface area contributed by atoms with Crippen molar-refractivity contribution in [3.8, 4) is 0 Å². The molecule has 132 valence electrons. The zero-order valence-electron chi connectivity index (χ0n) is 14.0. The van der Waals surface area contributed by atoms with Gasteiger partial charge in [0.1, 0.15) is 17.3 Å². The highest BCUT2D eigenvalue weighted by Crippen LogP contribution is 2.25. The Labute approximate surface area is 161 Å². The minimum absolute atomic E-state index is 0.263. The Morgan fingerprint density at radius 1 is 1.00 bits per heavy atom. The van der Waals surface area contributed by atoms with E-state index in [-0.39, 0.29) is 11.6 Å². The van der Waals surface area contributed by atoms with Crippen molar-refractivity contribution in [3.05, 3.63) is 81.7 Å². The summed E-state index contributed by atoms with van der Waals surface area (Å²) < 4.78 is 0. The van der Waals surface area contributed by atoms with Gasteiger partial charge in [0.15, 0.2) is 0 Å². The molecule has 0 aliphatic carbocycles. The number of aromatic nitrogens is 2. The van der Waals surface area contributed by atoms with Gasteiger partial charge in [-0.3, -0.25) is 4.79 Å². The number of nitrogens with one attached hydrogen (secondary N) is 2. The topological polar surface area (TPSA) is 66.9 Å². The lowest BCUT2D eigenvalue weighted by atomic mass is 10.2. The normalized spacial score (nSPS) is 10.4. The van der Waals surface area contributed by atoms with Gasteiger partial charge >= 0.3 is 0 Å². The number of hydrogen-bond donors (Lipinski definition) is 2. The van der Waals surface area contributed by atoms with Gasteiger partial charge in [-0.1, -0.05) is 53.5 Å². The summed E-state index contributed by atoms with van der Waals surface area (Å²) in [7, 11) is 0. The highest BCUT2D eigenvalue weighted by atomic mass is 35.5. The molecule has 1 amide bonds. The summed E-state index contributed by atoms with van der Waals surface area (Å²) in [6.07, 6.45) is 0. The third kappa shape index (κ3) is 4.71. The number of hydrogen-bond acceptors (Lipinski definition) is 4. The molecule has 0 aliphatic rings. The number of amides is 1. The molecular weight excluding hydrogens is 371 g/mol. The van der Waals surface area contributed by atoms with Crippen molar-refractivity contribution >= 4 is 40.6 Å². The maximum absolute atomic E-state index is 12.5. The average molecular weight is 387 g/mol. The van der Waals surface area contributed by atoms with E-state index in [2.05, 4.69) is 20.6 Å². The van der Waals surface area contributed by atoms with Crippen LogP contribution in [0.1, 0.15) is 21.9 Å². The van der Waals surface area contributed by atoms with Gasteiger partial charge in [-0.25, -0.2) is 9.97 Å². The molecule has 7 heteroatoms. The monoisotopic (exact) mass is 386 g/mol. The fourth-order valence-corrected chi connectivity index (χ4v) is 2.63. The largest absolute Gasteiger partial charge is 0.366 e. The first-order valence-electron chi connectivity index (χ1n) is 7.91. The van der Waals surface area contributed by atoms with Crippen molar-refractivity contribution in [3.63, 3.8) is 0 Å². The lowest BCUT2D eigenvalue weighted by Gasteiger charge is -2.10. The van der Waals surface area contributed by atoms with E-state index in [0.29, 0.717) is 33.9 Å². The highest BCUT2D eigenvalue weighted by Gasteiger charge is 2.12. The van der Waals surface area contributed by atoms with Crippen LogP contribution in [-0.4, -0.2) is 15.9 Å². The smallest absolute Gasteiger partial charge is 0.274 e. The van der Waals surface area contributed by atoms with Crippen LogP contribution in [0.25, 0.3) is 0 Å². The summed E-state index contributed by atoms with van der Waals surface area (Å²) in [6, 6.07) is 16.4. The van der Waals surface area contributed by atoms with E-state index in [1.165, 1.54) is 0 Å². The number of carbonyl (C=O) groups is 1. The molecule has 26 heavy (non-hydrogen) atoms. The van der Waals surface area contributed by atoms with Crippen molar-refractivity contribution < 1.29 is 4.79 Å². The average Bonchev–Trinajstić information content (AvgIpc) is 2.63. The predicted molar refractivity (Wildman–Crippen MR) is 105 cm³/mol. The van der Waals surface area contributed by atoms with Crippen LogP contribution in [0.15, 0.2) is 54.6 Å². The zero-order chi connectivity index (χ0) is 18.5. The molecule has 0 atom stereocenters. The molecule has 2 aromatic carbocycles. The minimum atomic E-state index is -0.350. The minimum Gasteiger partial charge on any atom is -0.366 e. The Morgan fingerprint density at radius 3 is 2.50 bits per heavy atom. The van der Waals surface area contributed by atoms with Gasteiger partial charge < -0.3 is 10.6 Å². The standard InChI is InChI=1S/C19H16Cl2N4O/c1-12-23-17(19(26)25-14-7-8-15(20)16(21)9-14)10-18(24-12)22-11-13-5-3-2-4-6-13/h2-10H,11H2,1H3,(H,25,26)(H,22,23,24). The van der Waals surface area contributed by atoms with Gasteiger partial charge in [0.25, 0.3) is 5.91 Å². The predicted octanol–water partition coefficient (Wildman–Crippen LogP) is 4.96. The molecule has 0 saturated heterocycles. The molecule has 3 aromatic rings. The molecule has 0 bridgehead atoms. The summed E-state index contributed by atoms with van der Waals surface area (Å²) in [5, 5.41) is 6.76. The van der Waals surface area contributed by atoms with Crippen molar-refractivity contribution in [1.82, 2.24) is 9.97 Å². The Morgan fingerprint density at radius 2 is 1.77 bits per heavy atom. The number of benzene rings is 2. The Bertz CT molecular complexity index is 932. The van der Waals surface area contributed by atoms with Gasteiger partial charge in [0, 0.05) is 18.3 Å². The Hall–Kier alpha value is -2.63. The summed E-state index contributed by atoms with van der Waals surface area (Å²) in [4.78, 5) is 21.0. The Kier molecular flexibility index (Phi) is 5.71. The molecule has 1 aromatic heterocycles. The van der Waals surface area contributed by atoms with Crippen LogP contribution >= 0.6 is 23.2 Å². The number of halogens is 2. The van der Waals surface area contributed by atoms with Crippen LogP contribution in [0.4, 0.5) is 11.5 Å². The third-order valence-electron chi connectivity index (χ3n) is 3.56. The summed E-state index contributed by atoms with van der Waals surface area (Å²) in [5.41, 5.74) is 1.92. The van der Waals surface area contributed by atoms with Crippen LogP contribution in [0.3, 0.4) is 0 Å². The van der Waals surface area contributed by atoms with E-state index in [9.17, 15) is 4.79 Å². The molecule has 0 radical (unpaired) electrons. The summed E-state index contributed by atoms with van der Waals surface area (Å²) in [5.74, 6) is 0.736. The van der Waals surface area contributed by atoms with E-state index in [1.54, 1.807) is 31.2 Å². The number of rotatable bonds is 5. The SMILES string of the molecule is Cc1nc(NCc2ccccc2)cc(C(=O)Nc2ccc(Cl)c(Cl)c2)n1. The first-order chi connectivity index (χ1) is 12.5. The molecule has 0 saturated carbocycles. The first kappa shape index (κ1) is 18.2. The van der Waals surface area contributed by atoms with E-state index < -0.39 is 0 Å². The molecule has 3 rings (SSSR count). The van der Waals surface area contributed by atoms with Crippen molar-refractivity contribution in [2.75, 3.05) is 10.6 Å². The summed E-state index contributed by atoms with van der Waals surface area (Å²) in [6.45, 7) is 2.34. The zero-order valence-corrected chi connectivity index (χ0v) is 15.5. The van der Waals surface area contributed by atoms with Crippen LogP contribution < -0.4 is 10.6 Å². The van der Waals surface area contributed by atoms with Gasteiger partial charge in [-0.2, -0.15) is 0 Å². The van der Waals surface area contributed by atoms with E-state index in [1.807, 2.05) is 30.3 Å². The van der Waals surface area contributed by atoms with Crippen LogP contribution in [0, 0.1) is 6.92 Å². The van der Waals surface area contributed by atoms with E-state index >= 15 is 0 Å². The van der Waals surface area contributed by atoms with Gasteiger partial charge in [0.2, 0.25) is 0 Å². The second-order valence-electron chi connectivity index (χ2n) is 5.61. The maximum atomic E-state index is 12.5. The van der Waals surface area contributed by atoms with Crippen LogP contribution in [-0.2, 0) is 6.54 Å². The van der Waals surface area contributed by atoms with Gasteiger partial charge in [-0.15, -0.1) is 0 Å². The van der Waals surface area contributed by atoms with Crippen molar-refractivity contribution in [1.29, 1.82) is 0 Å². The molecular formula is C19H16Cl2N4O. The van der Waals surface area contributed by atoms with Crippen molar-refractivity contribution in [2.24, 2.45) is 0 Å². The lowest BCUT2D eigenvalue weighted by molar-refractivity contribution is 0.102. The molecule has 0 unspecified atom stereocenters. The van der Waals surface area contributed by atoms with Crippen molar-refractivity contribution in [2.45, 2.75) is 13.5 Å². The number of aryl methyl sites for hydroxylation is 1. The summed E-state index contributed by atoms with van der Waals surface area (Å²) >= 11 is 11.9. The molecule has 1 heterocycles. The fraction of sp³-hybridized carbons (Fsp3) is 0.105. The second-order valence-corrected chi connectivity index (χ2v) is 6.42.